The van der Waals surface area contributed by atoms with Crippen LogP contribution in [0, 0.1) is 16.0 Å². The summed E-state index contributed by atoms with van der Waals surface area (Å²) >= 11 is 0. The molecule has 0 fully saturated rings. The zero-order valence-electron chi connectivity index (χ0n) is 15.4. The predicted octanol–water partition coefficient (Wildman–Crippen LogP) is 3.05. The molecule has 28 heavy (non-hydrogen) atoms. The van der Waals surface area contributed by atoms with Crippen LogP contribution < -0.4 is 10.7 Å². The maximum Gasteiger partial charge on any atom is 0.271 e. The monoisotopic (exact) mass is 384 g/mol. The number of hydrogen-bond donors (Lipinski definition) is 3. The maximum absolute atomic E-state index is 12.1. The molecule has 2 aromatic carbocycles. The van der Waals surface area contributed by atoms with Gasteiger partial charge < -0.3 is 10.4 Å². The number of anilines is 1. The Kier molecular flexibility index (Phi) is 6.80. The van der Waals surface area contributed by atoms with Crippen LogP contribution >= 0.6 is 0 Å². The molecule has 0 saturated carbocycles. The van der Waals surface area contributed by atoms with E-state index in [1.807, 2.05) is 13.8 Å². The van der Waals surface area contributed by atoms with Crippen molar-refractivity contribution < 1.29 is 19.6 Å². The van der Waals surface area contributed by atoms with E-state index >= 15 is 0 Å². The number of hydrogen-bond acceptors (Lipinski definition) is 6. The Labute approximate surface area is 161 Å². The zero-order valence-corrected chi connectivity index (χ0v) is 15.4. The van der Waals surface area contributed by atoms with Crippen molar-refractivity contribution in [3.63, 3.8) is 0 Å². The maximum atomic E-state index is 12.1. The van der Waals surface area contributed by atoms with Crippen molar-refractivity contribution in [2.45, 2.75) is 20.3 Å². The molecular weight excluding hydrogens is 364 g/mol. The van der Waals surface area contributed by atoms with Gasteiger partial charge in [0.15, 0.2) is 0 Å². The highest BCUT2D eigenvalue weighted by Crippen LogP contribution is 2.21. The van der Waals surface area contributed by atoms with Crippen LogP contribution in [0.3, 0.4) is 0 Å². The van der Waals surface area contributed by atoms with E-state index in [0.717, 1.165) is 18.3 Å². The van der Waals surface area contributed by atoms with Crippen molar-refractivity contribution in [2.24, 2.45) is 11.0 Å². The molecule has 0 spiro atoms. The van der Waals surface area contributed by atoms with Crippen molar-refractivity contribution in [1.82, 2.24) is 5.43 Å². The lowest BCUT2D eigenvalue weighted by Crippen LogP contribution is -2.18. The highest BCUT2D eigenvalue weighted by Gasteiger charge is 2.10. The molecule has 9 heteroatoms. The third-order valence-electron chi connectivity index (χ3n) is 3.62. The van der Waals surface area contributed by atoms with Crippen molar-refractivity contribution in [3.05, 3.63) is 63.7 Å². The number of benzene rings is 2. The fourth-order valence-corrected chi connectivity index (χ4v) is 2.27. The van der Waals surface area contributed by atoms with Gasteiger partial charge in [-0.3, -0.25) is 19.7 Å². The summed E-state index contributed by atoms with van der Waals surface area (Å²) in [5, 5.41) is 26.9. The van der Waals surface area contributed by atoms with Crippen LogP contribution in [0.25, 0.3) is 0 Å². The fraction of sp³-hybridized carbons (Fsp3) is 0.211. The average molecular weight is 384 g/mol. The summed E-state index contributed by atoms with van der Waals surface area (Å²) < 4.78 is 0. The molecule has 0 heterocycles. The molecule has 146 valence electrons. The quantitative estimate of drug-likeness (QED) is 0.383. The van der Waals surface area contributed by atoms with Crippen LogP contribution in [0.2, 0.25) is 0 Å². The molecule has 0 aromatic heterocycles. The summed E-state index contributed by atoms with van der Waals surface area (Å²) in [6, 6.07) is 9.73. The van der Waals surface area contributed by atoms with Crippen LogP contribution in [0.4, 0.5) is 11.4 Å². The number of nitrogens with one attached hydrogen (secondary N) is 2. The summed E-state index contributed by atoms with van der Waals surface area (Å²) in [6.45, 7) is 3.89. The molecule has 3 N–H and O–H groups in total. The molecule has 0 saturated heterocycles. The topological polar surface area (TPSA) is 134 Å². The van der Waals surface area contributed by atoms with Gasteiger partial charge in [-0.2, -0.15) is 5.10 Å². The third-order valence-corrected chi connectivity index (χ3v) is 3.62. The minimum atomic E-state index is -0.600. The van der Waals surface area contributed by atoms with Crippen molar-refractivity contribution in [1.29, 1.82) is 0 Å². The van der Waals surface area contributed by atoms with Gasteiger partial charge in [0, 0.05) is 35.4 Å². The molecule has 0 aliphatic rings. The van der Waals surface area contributed by atoms with Gasteiger partial charge in [-0.1, -0.05) is 13.8 Å². The molecule has 0 unspecified atom stereocenters. The zero-order chi connectivity index (χ0) is 20.7. The number of amides is 2. The van der Waals surface area contributed by atoms with E-state index < -0.39 is 10.8 Å². The summed E-state index contributed by atoms with van der Waals surface area (Å²) in [6.07, 6.45) is 1.52. The molecule has 0 aliphatic carbocycles. The summed E-state index contributed by atoms with van der Waals surface area (Å²) in [5.41, 5.74) is 3.04. The van der Waals surface area contributed by atoms with E-state index in [1.165, 1.54) is 18.2 Å². The lowest BCUT2D eigenvalue weighted by Gasteiger charge is -2.07. The van der Waals surface area contributed by atoms with E-state index in [4.69, 9.17) is 0 Å². The number of phenolic OH excluding ortho intramolecular Hbond substituents is 1. The van der Waals surface area contributed by atoms with Gasteiger partial charge in [0.05, 0.1) is 11.1 Å². The summed E-state index contributed by atoms with van der Waals surface area (Å²) in [7, 11) is 0. The normalized spacial score (nSPS) is 10.8. The van der Waals surface area contributed by atoms with Gasteiger partial charge in [0.25, 0.3) is 11.6 Å². The van der Waals surface area contributed by atoms with Gasteiger partial charge in [-0.15, -0.1) is 0 Å². The number of aromatic hydroxyl groups is 1. The van der Waals surface area contributed by atoms with Crippen molar-refractivity contribution in [3.8, 4) is 5.75 Å². The minimum absolute atomic E-state index is 0.0951. The van der Waals surface area contributed by atoms with Gasteiger partial charge in [0.1, 0.15) is 5.75 Å². The number of nitro groups is 1. The predicted molar refractivity (Wildman–Crippen MR) is 104 cm³/mol. The SMILES string of the molecule is CC(C)CC(=O)Nc1ccc(C(=O)N/N=C/c2cc([N+](=O)[O-])ccc2O)cc1. The second-order valence-electron chi connectivity index (χ2n) is 6.42. The average Bonchev–Trinajstić information content (AvgIpc) is 2.62. The summed E-state index contributed by atoms with van der Waals surface area (Å²) in [4.78, 5) is 34.0. The van der Waals surface area contributed by atoms with E-state index in [9.17, 15) is 24.8 Å². The Hall–Kier alpha value is -3.75. The summed E-state index contributed by atoms with van der Waals surface area (Å²) in [5.74, 6) is -0.576. The Morgan fingerprint density at radius 1 is 1.21 bits per heavy atom. The molecule has 2 rings (SSSR count). The van der Waals surface area contributed by atoms with E-state index in [1.54, 1.807) is 12.1 Å². The molecule has 0 atom stereocenters. The Bertz CT molecular complexity index is 907. The minimum Gasteiger partial charge on any atom is -0.507 e. The van der Waals surface area contributed by atoms with E-state index in [0.29, 0.717) is 17.7 Å². The molecule has 0 aliphatic heterocycles. The lowest BCUT2D eigenvalue weighted by atomic mass is 10.1. The number of carbonyl (C=O) groups excluding carboxylic acids is 2. The first kappa shape index (κ1) is 20.6. The number of hydrazone groups is 1. The van der Waals surface area contributed by atoms with Gasteiger partial charge in [-0.25, -0.2) is 5.43 Å². The fourth-order valence-electron chi connectivity index (χ4n) is 2.27. The molecule has 0 bridgehead atoms. The van der Waals surface area contributed by atoms with Crippen LogP contribution in [0.1, 0.15) is 36.2 Å². The standard InChI is InChI=1S/C19H20N4O5/c1-12(2)9-18(25)21-15-5-3-13(4-6-15)19(26)22-20-11-14-10-16(23(27)28)7-8-17(14)24/h3-8,10-12,24H,9H2,1-2H3,(H,21,25)(H,22,26)/b20-11+. The molecule has 2 amide bonds. The van der Waals surface area contributed by atoms with E-state index in [2.05, 4.69) is 15.8 Å². The second kappa shape index (κ2) is 9.26. The lowest BCUT2D eigenvalue weighted by molar-refractivity contribution is -0.384. The van der Waals surface area contributed by atoms with Crippen molar-refractivity contribution >= 4 is 29.4 Å². The van der Waals surface area contributed by atoms with Crippen LogP contribution in [-0.4, -0.2) is 28.1 Å². The first-order chi connectivity index (χ1) is 13.3. The first-order valence-corrected chi connectivity index (χ1v) is 8.47. The smallest absolute Gasteiger partial charge is 0.271 e. The number of carbonyl (C=O) groups is 2. The Morgan fingerprint density at radius 3 is 2.50 bits per heavy atom. The van der Waals surface area contributed by atoms with Gasteiger partial charge in [0.2, 0.25) is 5.91 Å². The number of nitrogens with zero attached hydrogens (tertiary/aromatic N) is 2. The van der Waals surface area contributed by atoms with Crippen LogP contribution in [0.15, 0.2) is 47.6 Å². The first-order valence-electron chi connectivity index (χ1n) is 8.47. The highest BCUT2D eigenvalue weighted by atomic mass is 16.6. The molecular formula is C19H20N4O5. The number of phenols is 1. The number of non-ortho nitro benzene ring substituents is 1. The largest absolute Gasteiger partial charge is 0.507 e. The highest BCUT2D eigenvalue weighted by molar-refractivity contribution is 5.96. The molecule has 0 radical (unpaired) electrons. The van der Waals surface area contributed by atoms with E-state index in [-0.39, 0.29) is 28.8 Å². The van der Waals surface area contributed by atoms with Gasteiger partial charge >= 0.3 is 0 Å². The number of rotatable bonds is 7. The van der Waals surface area contributed by atoms with Crippen LogP contribution in [0.5, 0.6) is 5.75 Å². The van der Waals surface area contributed by atoms with Crippen molar-refractivity contribution in [2.75, 3.05) is 5.32 Å². The van der Waals surface area contributed by atoms with Crippen LogP contribution in [-0.2, 0) is 4.79 Å². The molecule has 2 aromatic rings. The second-order valence-corrected chi connectivity index (χ2v) is 6.42. The Morgan fingerprint density at radius 2 is 1.89 bits per heavy atom. The number of nitro benzene ring substituents is 1. The van der Waals surface area contributed by atoms with Gasteiger partial charge in [-0.05, 0) is 36.2 Å². The Balaban J connectivity index is 1.98. The third kappa shape index (κ3) is 5.90. The molecule has 9 nitrogen and oxygen atoms in total.